The quantitative estimate of drug-likeness (QED) is 0.858. The monoisotopic (exact) mass is 357 g/mol. The molecule has 0 atom stereocenters. The first kappa shape index (κ1) is 18.0. The van der Waals surface area contributed by atoms with Crippen molar-refractivity contribution in [1.82, 2.24) is 15.1 Å². The van der Waals surface area contributed by atoms with Crippen molar-refractivity contribution >= 4 is 11.9 Å². The molecular weight excluding hydrogens is 334 g/mol. The van der Waals surface area contributed by atoms with E-state index in [9.17, 15) is 14.7 Å². The van der Waals surface area contributed by atoms with Gasteiger partial charge in [0, 0.05) is 12.6 Å². The van der Waals surface area contributed by atoms with Crippen LogP contribution in [0.25, 0.3) is 11.3 Å². The summed E-state index contributed by atoms with van der Waals surface area (Å²) in [5.41, 5.74) is 0.608. The molecule has 7 heteroatoms. The van der Waals surface area contributed by atoms with Crippen LogP contribution in [0.3, 0.4) is 0 Å². The maximum Gasteiger partial charge on any atom is 0.329 e. The van der Waals surface area contributed by atoms with Crippen LogP contribution in [0.15, 0.2) is 30.3 Å². The third kappa shape index (κ3) is 3.16. The standard InChI is InChI=1S/C19H23N3O4/c1-22(19(18(24)25)10-4-3-5-11-19)17(23)16-12-15(20-21-16)13-6-8-14(26-2)9-7-13/h6-9,12H,3-5,10-11H2,1-2H3,(H,20,21)(H,24,25). The SMILES string of the molecule is COc1ccc(-c2cc(C(=O)N(C)C3(C(=O)O)CCCCC3)[nH]n2)cc1. The number of hydrogen-bond acceptors (Lipinski definition) is 4. The number of aromatic amines is 1. The number of nitrogens with zero attached hydrogens (tertiary/aromatic N) is 2. The van der Waals surface area contributed by atoms with E-state index >= 15 is 0 Å². The van der Waals surface area contributed by atoms with E-state index in [-0.39, 0.29) is 11.6 Å². The Labute approximate surface area is 152 Å². The smallest absolute Gasteiger partial charge is 0.329 e. The first-order valence-corrected chi connectivity index (χ1v) is 8.69. The number of nitrogens with one attached hydrogen (secondary N) is 1. The van der Waals surface area contributed by atoms with Crippen LogP contribution in [0.4, 0.5) is 0 Å². The van der Waals surface area contributed by atoms with Gasteiger partial charge in [-0.15, -0.1) is 0 Å². The Balaban J connectivity index is 1.83. The molecule has 1 aromatic carbocycles. The zero-order chi connectivity index (χ0) is 18.7. The minimum atomic E-state index is -1.14. The van der Waals surface area contributed by atoms with E-state index in [4.69, 9.17) is 4.74 Å². The average molecular weight is 357 g/mol. The molecule has 1 aromatic heterocycles. The Morgan fingerprint density at radius 2 is 1.85 bits per heavy atom. The summed E-state index contributed by atoms with van der Waals surface area (Å²) in [6.45, 7) is 0. The fourth-order valence-electron chi connectivity index (χ4n) is 3.55. The zero-order valence-corrected chi connectivity index (χ0v) is 15.0. The van der Waals surface area contributed by atoms with Gasteiger partial charge in [-0.3, -0.25) is 9.89 Å². The van der Waals surface area contributed by atoms with Gasteiger partial charge in [0.1, 0.15) is 17.0 Å². The largest absolute Gasteiger partial charge is 0.497 e. The maximum absolute atomic E-state index is 12.9. The number of carboxylic acid groups (broad SMARTS) is 1. The first-order chi connectivity index (χ1) is 12.5. The van der Waals surface area contributed by atoms with Gasteiger partial charge in [-0.25, -0.2) is 4.79 Å². The molecule has 1 amide bonds. The van der Waals surface area contributed by atoms with Crippen LogP contribution in [0.5, 0.6) is 5.75 Å². The molecular formula is C19H23N3O4. The number of likely N-dealkylation sites (N-methyl/N-ethyl adjacent to an activating group) is 1. The topological polar surface area (TPSA) is 95.5 Å². The number of hydrogen-bond donors (Lipinski definition) is 2. The van der Waals surface area contributed by atoms with Crippen LogP contribution >= 0.6 is 0 Å². The maximum atomic E-state index is 12.9. The van der Waals surface area contributed by atoms with Crippen molar-refractivity contribution in [3.63, 3.8) is 0 Å². The number of aromatic nitrogens is 2. The van der Waals surface area contributed by atoms with Gasteiger partial charge in [0.05, 0.1) is 12.8 Å². The second-order valence-corrected chi connectivity index (χ2v) is 6.66. The number of amides is 1. The highest BCUT2D eigenvalue weighted by molar-refractivity contribution is 5.97. The lowest BCUT2D eigenvalue weighted by Gasteiger charge is -2.40. The van der Waals surface area contributed by atoms with Gasteiger partial charge in [0.2, 0.25) is 0 Å². The van der Waals surface area contributed by atoms with E-state index in [1.54, 1.807) is 20.2 Å². The van der Waals surface area contributed by atoms with Crippen LogP contribution in [-0.4, -0.2) is 51.8 Å². The van der Waals surface area contributed by atoms with Crippen LogP contribution in [0.1, 0.15) is 42.6 Å². The van der Waals surface area contributed by atoms with Crippen molar-refractivity contribution in [2.45, 2.75) is 37.6 Å². The summed E-state index contributed by atoms with van der Waals surface area (Å²) < 4.78 is 5.14. The van der Waals surface area contributed by atoms with Gasteiger partial charge in [-0.2, -0.15) is 5.10 Å². The molecule has 0 bridgehead atoms. The summed E-state index contributed by atoms with van der Waals surface area (Å²) in [6, 6.07) is 9.00. The lowest BCUT2D eigenvalue weighted by molar-refractivity contribution is -0.151. The number of aliphatic carboxylic acids is 1. The predicted octanol–water partition coefficient (Wildman–Crippen LogP) is 2.94. The Kier molecular flexibility index (Phi) is 4.97. The molecule has 1 aliphatic rings. The highest BCUT2D eigenvalue weighted by atomic mass is 16.5. The summed E-state index contributed by atoms with van der Waals surface area (Å²) in [7, 11) is 3.16. The molecule has 1 saturated carbocycles. The Morgan fingerprint density at radius 1 is 1.19 bits per heavy atom. The van der Waals surface area contributed by atoms with Gasteiger partial charge in [0.25, 0.3) is 5.91 Å². The van der Waals surface area contributed by atoms with Gasteiger partial charge < -0.3 is 14.7 Å². The molecule has 2 N–H and O–H groups in total. The van der Waals surface area contributed by atoms with E-state index in [0.717, 1.165) is 30.6 Å². The normalized spacial score (nSPS) is 16.1. The lowest BCUT2D eigenvalue weighted by Crippen LogP contribution is -2.56. The third-order valence-electron chi connectivity index (χ3n) is 5.22. The first-order valence-electron chi connectivity index (χ1n) is 8.69. The van der Waals surface area contributed by atoms with Crippen LogP contribution in [-0.2, 0) is 4.79 Å². The van der Waals surface area contributed by atoms with Crippen LogP contribution in [0.2, 0.25) is 0 Å². The molecule has 0 aliphatic heterocycles. The minimum Gasteiger partial charge on any atom is -0.497 e. The second-order valence-electron chi connectivity index (χ2n) is 6.66. The highest BCUT2D eigenvalue weighted by Gasteiger charge is 2.45. The number of carbonyl (C=O) groups is 2. The average Bonchev–Trinajstić information content (AvgIpc) is 3.17. The number of carbonyl (C=O) groups excluding carboxylic acids is 1. The van der Waals surface area contributed by atoms with Crippen molar-refractivity contribution in [2.75, 3.05) is 14.2 Å². The van der Waals surface area contributed by atoms with Gasteiger partial charge in [-0.1, -0.05) is 19.3 Å². The van der Waals surface area contributed by atoms with E-state index in [1.807, 2.05) is 24.3 Å². The van der Waals surface area contributed by atoms with Gasteiger partial charge in [-0.05, 0) is 43.2 Å². The minimum absolute atomic E-state index is 0.282. The third-order valence-corrected chi connectivity index (χ3v) is 5.22. The van der Waals surface area contributed by atoms with E-state index in [1.165, 1.54) is 4.90 Å². The molecule has 26 heavy (non-hydrogen) atoms. The number of carboxylic acids is 1. The molecule has 1 heterocycles. The Hall–Kier alpha value is -2.83. The predicted molar refractivity (Wildman–Crippen MR) is 96.1 cm³/mol. The molecule has 7 nitrogen and oxygen atoms in total. The number of H-pyrrole nitrogens is 1. The summed E-state index contributed by atoms with van der Waals surface area (Å²) in [4.78, 5) is 26.1. The van der Waals surface area contributed by atoms with E-state index in [0.29, 0.717) is 18.5 Å². The number of ether oxygens (including phenoxy) is 1. The van der Waals surface area contributed by atoms with Crippen molar-refractivity contribution < 1.29 is 19.4 Å². The Morgan fingerprint density at radius 3 is 2.42 bits per heavy atom. The summed E-state index contributed by atoms with van der Waals surface area (Å²) >= 11 is 0. The van der Waals surface area contributed by atoms with Gasteiger partial charge in [0.15, 0.2) is 0 Å². The number of benzene rings is 1. The van der Waals surface area contributed by atoms with E-state index < -0.39 is 11.5 Å². The van der Waals surface area contributed by atoms with E-state index in [2.05, 4.69) is 10.2 Å². The highest BCUT2D eigenvalue weighted by Crippen LogP contribution is 2.34. The van der Waals surface area contributed by atoms with Crippen molar-refractivity contribution in [3.8, 4) is 17.0 Å². The molecule has 138 valence electrons. The molecule has 0 saturated heterocycles. The number of rotatable bonds is 5. The lowest BCUT2D eigenvalue weighted by atomic mass is 9.80. The second kappa shape index (κ2) is 7.19. The van der Waals surface area contributed by atoms with Crippen LogP contribution in [0, 0.1) is 0 Å². The van der Waals surface area contributed by atoms with Crippen LogP contribution < -0.4 is 4.74 Å². The molecule has 0 spiro atoms. The summed E-state index contributed by atoms with van der Waals surface area (Å²) in [5.74, 6) is -0.564. The summed E-state index contributed by atoms with van der Waals surface area (Å²) in [5, 5.41) is 16.7. The summed E-state index contributed by atoms with van der Waals surface area (Å²) in [6.07, 6.45) is 3.57. The number of methoxy groups -OCH3 is 1. The fraction of sp³-hybridized carbons (Fsp3) is 0.421. The molecule has 1 aliphatic carbocycles. The van der Waals surface area contributed by atoms with Crippen molar-refractivity contribution in [1.29, 1.82) is 0 Å². The van der Waals surface area contributed by atoms with Crippen molar-refractivity contribution in [2.24, 2.45) is 0 Å². The molecule has 1 fully saturated rings. The zero-order valence-electron chi connectivity index (χ0n) is 15.0. The fourth-order valence-corrected chi connectivity index (χ4v) is 3.55. The molecule has 0 unspecified atom stereocenters. The van der Waals surface area contributed by atoms with Gasteiger partial charge >= 0.3 is 5.97 Å². The molecule has 0 radical (unpaired) electrons. The molecule has 3 rings (SSSR count). The Bertz CT molecular complexity index is 791. The molecule has 2 aromatic rings. The van der Waals surface area contributed by atoms with Crippen molar-refractivity contribution in [3.05, 3.63) is 36.0 Å².